The van der Waals surface area contributed by atoms with Crippen LogP contribution in [0.2, 0.25) is 0 Å². The van der Waals surface area contributed by atoms with E-state index in [1.54, 1.807) is 6.08 Å². The quantitative estimate of drug-likeness (QED) is 0.666. The molecule has 0 aliphatic carbocycles. The number of nitrogens with zero attached hydrogens (tertiary/aromatic N) is 1. The fourth-order valence-corrected chi connectivity index (χ4v) is 2.72. The van der Waals surface area contributed by atoms with Crippen LogP contribution in [0.1, 0.15) is 45.2 Å². The first-order valence-electron chi connectivity index (χ1n) is 8.62. The van der Waals surface area contributed by atoms with Crippen molar-refractivity contribution in [1.29, 1.82) is 0 Å². The van der Waals surface area contributed by atoms with Crippen LogP contribution in [-0.2, 0) is 17.8 Å². The van der Waals surface area contributed by atoms with Crippen molar-refractivity contribution in [2.75, 3.05) is 19.6 Å². The number of rotatable bonds is 5. The molecule has 3 heteroatoms. The van der Waals surface area contributed by atoms with Crippen LogP contribution in [0.4, 0.5) is 0 Å². The predicted molar refractivity (Wildman–Crippen MR) is 96.3 cm³/mol. The second-order valence-electron chi connectivity index (χ2n) is 7.52. The minimum atomic E-state index is 0.0291. The van der Waals surface area contributed by atoms with Gasteiger partial charge >= 0.3 is 0 Å². The Morgan fingerprint density at radius 1 is 1.26 bits per heavy atom. The second kappa shape index (κ2) is 7.78. The average molecular weight is 314 g/mol. The Kier molecular flexibility index (Phi) is 6.00. The molecule has 0 spiro atoms. The summed E-state index contributed by atoms with van der Waals surface area (Å²) in [5.74, 6) is 0.0291. The van der Waals surface area contributed by atoms with E-state index in [-0.39, 0.29) is 11.3 Å². The van der Waals surface area contributed by atoms with Gasteiger partial charge in [-0.25, -0.2) is 0 Å². The molecule has 0 aromatic heterocycles. The van der Waals surface area contributed by atoms with Crippen molar-refractivity contribution >= 4 is 5.91 Å². The minimum absolute atomic E-state index is 0.0291. The van der Waals surface area contributed by atoms with Gasteiger partial charge in [-0.1, -0.05) is 50.6 Å². The Balaban J connectivity index is 1.70. The van der Waals surface area contributed by atoms with E-state index in [2.05, 4.69) is 55.3 Å². The molecule has 1 N–H and O–H groups in total. The van der Waals surface area contributed by atoms with E-state index in [4.69, 9.17) is 0 Å². The van der Waals surface area contributed by atoms with Crippen molar-refractivity contribution in [2.45, 2.75) is 47.1 Å². The lowest BCUT2D eigenvalue weighted by molar-refractivity contribution is -0.116. The zero-order valence-electron chi connectivity index (χ0n) is 15.0. The summed E-state index contributed by atoms with van der Waals surface area (Å²) in [4.78, 5) is 14.4. The van der Waals surface area contributed by atoms with E-state index in [1.165, 1.54) is 11.1 Å². The van der Waals surface area contributed by atoms with Crippen molar-refractivity contribution in [3.8, 4) is 0 Å². The summed E-state index contributed by atoms with van der Waals surface area (Å²) in [6.07, 6.45) is 3.86. The fourth-order valence-electron chi connectivity index (χ4n) is 2.72. The van der Waals surface area contributed by atoms with Crippen molar-refractivity contribution in [1.82, 2.24) is 10.2 Å². The molecule has 126 valence electrons. The van der Waals surface area contributed by atoms with Crippen LogP contribution >= 0.6 is 0 Å². The van der Waals surface area contributed by atoms with Gasteiger partial charge < -0.3 is 5.32 Å². The van der Waals surface area contributed by atoms with Gasteiger partial charge in [-0.15, -0.1) is 0 Å². The van der Waals surface area contributed by atoms with Crippen LogP contribution in [0.3, 0.4) is 0 Å². The number of carbonyl (C=O) groups is 1. The normalized spacial score (nSPS) is 16.1. The molecule has 1 aromatic rings. The maximum Gasteiger partial charge on any atom is 0.243 e. The highest BCUT2D eigenvalue weighted by atomic mass is 16.1. The van der Waals surface area contributed by atoms with Crippen LogP contribution in [0.25, 0.3) is 0 Å². The molecule has 0 saturated carbocycles. The third-order valence-corrected chi connectivity index (χ3v) is 4.69. The number of amides is 1. The smallest absolute Gasteiger partial charge is 0.243 e. The average Bonchev–Trinajstić information content (AvgIpc) is 2.50. The van der Waals surface area contributed by atoms with Gasteiger partial charge in [0.05, 0.1) is 0 Å². The third kappa shape index (κ3) is 5.51. The van der Waals surface area contributed by atoms with E-state index in [1.807, 2.05) is 6.92 Å². The summed E-state index contributed by atoms with van der Waals surface area (Å²) in [6.45, 7) is 12.3. The highest BCUT2D eigenvalue weighted by Crippen LogP contribution is 2.23. The number of benzene rings is 1. The van der Waals surface area contributed by atoms with Crippen LogP contribution in [0.15, 0.2) is 35.9 Å². The summed E-state index contributed by atoms with van der Waals surface area (Å²) in [7, 11) is 0. The molecule has 0 saturated heterocycles. The molecule has 23 heavy (non-hydrogen) atoms. The Bertz CT molecular complexity index is 569. The predicted octanol–water partition coefficient (Wildman–Crippen LogP) is 3.54. The molecule has 1 amide bonds. The van der Waals surface area contributed by atoms with Crippen molar-refractivity contribution in [3.63, 3.8) is 0 Å². The van der Waals surface area contributed by atoms with Crippen LogP contribution in [0, 0.1) is 5.41 Å². The lowest BCUT2D eigenvalue weighted by Crippen LogP contribution is -2.33. The summed E-state index contributed by atoms with van der Waals surface area (Å²) in [5, 5.41) is 3.00. The van der Waals surface area contributed by atoms with Gasteiger partial charge in [0.25, 0.3) is 0 Å². The van der Waals surface area contributed by atoms with E-state index in [9.17, 15) is 4.79 Å². The number of nitrogens with one attached hydrogen (secondary N) is 1. The van der Waals surface area contributed by atoms with E-state index in [0.717, 1.165) is 44.6 Å². The number of allylic oxidation sites excluding steroid dienone is 1. The molecule has 0 atom stereocenters. The molecule has 0 fully saturated rings. The monoisotopic (exact) mass is 314 g/mol. The third-order valence-electron chi connectivity index (χ3n) is 4.69. The Labute approximate surface area is 140 Å². The lowest BCUT2D eigenvalue weighted by Gasteiger charge is -2.28. The lowest BCUT2D eigenvalue weighted by atomic mass is 9.87. The van der Waals surface area contributed by atoms with E-state index >= 15 is 0 Å². The van der Waals surface area contributed by atoms with Gasteiger partial charge in [0.1, 0.15) is 0 Å². The van der Waals surface area contributed by atoms with Crippen LogP contribution in [0.5, 0.6) is 0 Å². The molecule has 1 aromatic carbocycles. The van der Waals surface area contributed by atoms with E-state index in [0.29, 0.717) is 0 Å². The number of hydrogen-bond donors (Lipinski definition) is 1. The van der Waals surface area contributed by atoms with Gasteiger partial charge in [0, 0.05) is 32.3 Å². The van der Waals surface area contributed by atoms with Gasteiger partial charge in [0.15, 0.2) is 0 Å². The van der Waals surface area contributed by atoms with Crippen LogP contribution in [-0.4, -0.2) is 30.4 Å². The summed E-state index contributed by atoms with van der Waals surface area (Å²) in [6, 6.07) is 8.70. The van der Waals surface area contributed by atoms with Crippen molar-refractivity contribution in [3.05, 3.63) is 47.0 Å². The molecule has 1 aliphatic rings. The molecule has 1 heterocycles. The van der Waals surface area contributed by atoms with Gasteiger partial charge in [0.2, 0.25) is 5.91 Å². The number of carbonyl (C=O) groups excluding carboxylic acids is 1. The zero-order valence-corrected chi connectivity index (χ0v) is 15.0. The number of hydrogen-bond acceptors (Lipinski definition) is 2. The summed E-state index contributed by atoms with van der Waals surface area (Å²) < 4.78 is 0. The van der Waals surface area contributed by atoms with Gasteiger partial charge in [-0.3, -0.25) is 9.69 Å². The SMILES string of the molecule is CC(=CC(=O)NCCCN1CCc2ccccc2C1)C(C)(C)C. The Hall–Kier alpha value is -1.61. The highest BCUT2D eigenvalue weighted by molar-refractivity contribution is 5.88. The Morgan fingerprint density at radius 2 is 1.96 bits per heavy atom. The molecular weight excluding hydrogens is 284 g/mol. The summed E-state index contributed by atoms with van der Waals surface area (Å²) in [5.41, 5.74) is 4.10. The van der Waals surface area contributed by atoms with Crippen LogP contribution < -0.4 is 5.32 Å². The molecule has 1 aliphatic heterocycles. The van der Waals surface area contributed by atoms with Gasteiger partial charge in [-0.2, -0.15) is 0 Å². The van der Waals surface area contributed by atoms with Crippen molar-refractivity contribution in [2.24, 2.45) is 5.41 Å². The molecule has 0 radical (unpaired) electrons. The molecule has 0 unspecified atom stereocenters. The molecule has 2 rings (SSSR count). The minimum Gasteiger partial charge on any atom is -0.353 e. The standard InChI is InChI=1S/C20H30N2O/c1-16(20(2,3)4)14-19(23)21-11-7-12-22-13-10-17-8-5-6-9-18(17)15-22/h5-6,8-9,14H,7,10-13,15H2,1-4H3,(H,21,23). The first kappa shape index (κ1) is 17.7. The first-order valence-corrected chi connectivity index (χ1v) is 8.62. The molecule has 0 bridgehead atoms. The maximum absolute atomic E-state index is 11.9. The van der Waals surface area contributed by atoms with Crippen molar-refractivity contribution < 1.29 is 4.79 Å². The topological polar surface area (TPSA) is 32.3 Å². The second-order valence-corrected chi connectivity index (χ2v) is 7.52. The van der Waals surface area contributed by atoms with Gasteiger partial charge in [-0.05, 0) is 36.3 Å². The largest absolute Gasteiger partial charge is 0.353 e. The summed E-state index contributed by atoms with van der Waals surface area (Å²) >= 11 is 0. The maximum atomic E-state index is 11.9. The Morgan fingerprint density at radius 3 is 2.65 bits per heavy atom. The first-order chi connectivity index (χ1) is 10.9. The molecular formula is C20H30N2O. The highest BCUT2D eigenvalue weighted by Gasteiger charge is 2.15. The van der Waals surface area contributed by atoms with E-state index < -0.39 is 0 Å². The molecule has 3 nitrogen and oxygen atoms in total. The fraction of sp³-hybridized carbons (Fsp3) is 0.550. The number of fused-ring (bicyclic) bond motifs is 1. The zero-order chi connectivity index (χ0) is 16.9.